The number of hydrogen-bond donors (Lipinski definition) is 3. The normalized spacial score (nSPS) is 18.5. The Bertz CT molecular complexity index is 734. The van der Waals surface area contributed by atoms with E-state index in [1.54, 1.807) is 0 Å². The predicted octanol–water partition coefficient (Wildman–Crippen LogP) is 2.19. The summed E-state index contributed by atoms with van der Waals surface area (Å²) in [7, 11) is 0. The second-order valence-corrected chi connectivity index (χ2v) is 7.59. The van der Waals surface area contributed by atoms with Gasteiger partial charge in [-0.15, -0.1) is 0 Å². The number of amides is 4. The molecule has 3 N–H and O–H groups in total. The molecule has 0 radical (unpaired) electrons. The van der Waals surface area contributed by atoms with Gasteiger partial charge in [0.1, 0.15) is 0 Å². The second-order valence-electron chi connectivity index (χ2n) is 7.59. The lowest BCUT2D eigenvalue weighted by Crippen LogP contribution is -2.41. The maximum Gasteiger partial charge on any atom is 0.315 e. The van der Waals surface area contributed by atoms with Crippen molar-refractivity contribution in [3.63, 3.8) is 0 Å². The Balaban J connectivity index is 1.46. The number of benzene rings is 1. The molecule has 0 unspecified atom stereocenters. The number of carbonyl (C=O) groups is 3. The summed E-state index contributed by atoms with van der Waals surface area (Å²) < 4.78 is 0. The van der Waals surface area contributed by atoms with Crippen LogP contribution in [0.2, 0.25) is 0 Å². The number of nitrogens with one attached hydrogen (secondary N) is 3. The first kappa shape index (κ1) is 19.2. The average Bonchev–Trinajstić information content (AvgIpc) is 3.04. The van der Waals surface area contributed by atoms with Crippen LogP contribution < -0.4 is 16.0 Å². The summed E-state index contributed by atoms with van der Waals surface area (Å²) in [6.07, 6.45) is 2.79. The van der Waals surface area contributed by atoms with Gasteiger partial charge < -0.3 is 20.9 Å². The highest BCUT2D eigenvalue weighted by Crippen LogP contribution is 2.26. The summed E-state index contributed by atoms with van der Waals surface area (Å²) in [6, 6.07) is 5.52. The minimum atomic E-state index is -0.215. The standard InChI is InChI=1S/C20H28N4O3/c1-13(12-24-9-3-4-19(24)26)11-21-20(27)22-14(2)15-5-7-17-16(10-15)6-8-18(25)23-17/h5,7,10,13-14H,3-4,6,8-9,11-12H2,1-2H3,(H,23,25)(H2,21,22,27)/t13-,14-/m0/s1. The molecule has 0 spiro atoms. The van der Waals surface area contributed by atoms with Crippen LogP contribution in [0.4, 0.5) is 10.5 Å². The highest BCUT2D eigenvalue weighted by molar-refractivity contribution is 5.93. The molecule has 0 aromatic heterocycles. The van der Waals surface area contributed by atoms with Gasteiger partial charge in [-0.05, 0) is 42.9 Å². The number of urea groups is 1. The number of hydrogen-bond acceptors (Lipinski definition) is 3. The Morgan fingerprint density at radius 2 is 2.04 bits per heavy atom. The Kier molecular flexibility index (Phi) is 5.98. The third-order valence-electron chi connectivity index (χ3n) is 5.19. The Labute approximate surface area is 159 Å². The van der Waals surface area contributed by atoms with Crippen LogP contribution in [0.25, 0.3) is 0 Å². The lowest BCUT2D eigenvalue weighted by atomic mass is 9.98. The molecule has 0 bridgehead atoms. The molecule has 3 rings (SSSR count). The van der Waals surface area contributed by atoms with Crippen LogP contribution in [0, 0.1) is 5.92 Å². The molecule has 2 atom stereocenters. The molecule has 2 aliphatic rings. The van der Waals surface area contributed by atoms with Gasteiger partial charge in [0.25, 0.3) is 0 Å². The number of fused-ring (bicyclic) bond motifs is 1. The molecule has 7 nitrogen and oxygen atoms in total. The van der Waals surface area contributed by atoms with E-state index in [2.05, 4.69) is 16.0 Å². The van der Waals surface area contributed by atoms with Crippen molar-refractivity contribution in [1.82, 2.24) is 15.5 Å². The lowest BCUT2D eigenvalue weighted by molar-refractivity contribution is -0.128. The van der Waals surface area contributed by atoms with Gasteiger partial charge in [0.2, 0.25) is 11.8 Å². The van der Waals surface area contributed by atoms with Crippen LogP contribution in [-0.2, 0) is 16.0 Å². The number of nitrogens with zero attached hydrogens (tertiary/aromatic N) is 1. The van der Waals surface area contributed by atoms with E-state index >= 15 is 0 Å². The zero-order valence-electron chi connectivity index (χ0n) is 16.0. The number of likely N-dealkylation sites (tertiary alicyclic amines) is 1. The molecule has 1 fully saturated rings. The van der Waals surface area contributed by atoms with Crippen molar-refractivity contribution in [3.8, 4) is 0 Å². The van der Waals surface area contributed by atoms with Crippen LogP contribution in [0.5, 0.6) is 0 Å². The number of rotatable bonds is 6. The smallest absolute Gasteiger partial charge is 0.315 e. The van der Waals surface area contributed by atoms with Crippen molar-refractivity contribution in [3.05, 3.63) is 29.3 Å². The third kappa shape index (κ3) is 4.99. The third-order valence-corrected chi connectivity index (χ3v) is 5.19. The summed E-state index contributed by atoms with van der Waals surface area (Å²) in [5.41, 5.74) is 2.97. The Hall–Kier alpha value is -2.57. The zero-order valence-corrected chi connectivity index (χ0v) is 16.0. The first-order valence-electron chi connectivity index (χ1n) is 9.67. The van der Waals surface area contributed by atoms with E-state index in [-0.39, 0.29) is 29.8 Å². The maximum atomic E-state index is 12.2. The minimum absolute atomic E-state index is 0.0468. The molecule has 27 heavy (non-hydrogen) atoms. The second kappa shape index (κ2) is 8.41. The van der Waals surface area contributed by atoms with Gasteiger partial charge >= 0.3 is 6.03 Å². The molecular formula is C20H28N4O3. The molecule has 0 aliphatic carbocycles. The van der Waals surface area contributed by atoms with Crippen molar-refractivity contribution in [2.24, 2.45) is 5.92 Å². The molecular weight excluding hydrogens is 344 g/mol. The van der Waals surface area contributed by atoms with E-state index < -0.39 is 0 Å². The van der Waals surface area contributed by atoms with Gasteiger partial charge in [-0.3, -0.25) is 9.59 Å². The van der Waals surface area contributed by atoms with E-state index in [1.807, 2.05) is 36.9 Å². The van der Waals surface area contributed by atoms with Crippen molar-refractivity contribution in [2.75, 3.05) is 25.0 Å². The first-order valence-corrected chi connectivity index (χ1v) is 9.67. The van der Waals surface area contributed by atoms with Crippen molar-refractivity contribution in [2.45, 2.75) is 45.6 Å². The van der Waals surface area contributed by atoms with Gasteiger partial charge in [-0.1, -0.05) is 19.1 Å². The van der Waals surface area contributed by atoms with Gasteiger partial charge in [0, 0.05) is 38.2 Å². The van der Waals surface area contributed by atoms with Gasteiger partial charge in [-0.25, -0.2) is 4.79 Å². The number of anilines is 1. The molecule has 7 heteroatoms. The fourth-order valence-corrected chi connectivity index (χ4v) is 3.61. The van der Waals surface area contributed by atoms with Crippen LogP contribution in [-0.4, -0.2) is 42.4 Å². The predicted molar refractivity (Wildman–Crippen MR) is 103 cm³/mol. The maximum absolute atomic E-state index is 12.2. The fourth-order valence-electron chi connectivity index (χ4n) is 3.61. The minimum Gasteiger partial charge on any atom is -0.342 e. The highest BCUT2D eigenvalue weighted by Gasteiger charge is 2.22. The molecule has 0 saturated carbocycles. The van der Waals surface area contributed by atoms with Crippen molar-refractivity contribution >= 4 is 23.5 Å². The molecule has 2 aliphatic heterocycles. The summed E-state index contributed by atoms with van der Waals surface area (Å²) in [6.45, 7) is 6.01. The summed E-state index contributed by atoms with van der Waals surface area (Å²) in [5.74, 6) is 0.467. The molecule has 1 aromatic rings. The van der Waals surface area contributed by atoms with Crippen LogP contribution in [0.1, 0.15) is 50.3 Å². The van der Waals surface area contributed by atoms with E-state index in [1.165, 1.54) is 0 Å². The van der Waals surface area contributed by atoms with Crippen LogP contribution in [0.15, 0.2) is 18.2 Å². The highest BCUT2D eigenvalue weighted by atomic mass is 16.2. The number of carbonyl (C=O) groups excluding carboxylic acids is 3. The van der Waals surface area contributed by atoms with Crippen molar-refractivity contribution < 1.29 is 14.4 Å². The summed E-state index contributed by atoms with van der Waals surface area (Å²) >= 11 is 0. The molecule has 2 heterocycles. The van der Waals surface area contributed by atoms with E-state index in [4.69, 9.17) is 0 Å². The summed E-state index contributed by atoms with van der Waals surface area (Å²) in [4.78, 5) is 37.2. The zero-order chi connectivity index (χ0) is 19.4. The Morgan fingerprint density at radius 3 is 2.78 bits per heavy atom. The monoisotopic (exact) mass is 372 g/mol. The van der Waals surface area contributed by atoms with E-state index in [9.17, 15) is 14.4 Å². The SMILES string of the molecule is C[C@@H](CNC(=O)N[C@@H](C)c1ccc2c(c1)CCC(=O)N2)CN1CCCC1=O. The van der Waals surface area contributed by atoms with Crippen LogP contribution >= 0.6 is 0 Å². The fraction of sp³-hybridized carbons (Fsp3) is 0.550. The molecule has 4 amide bonds. The van der Waals surface area contributed by atoms with Gasteiger partial charge in [0.05, 0.1) is 6.04 Å². The van der Waals surface area contributed by atoms with Crippen molar-refractivity contribution in [1.29, 1.82) is 0 Å². The lowest BCUT2D eigenvalue weighted by Gasteiger charge is -2.22. The molecule has 146 valence electrons. The molecule has 1 saturated heterocycles. The average molecular weight is 372 g/mol. The van der Waals surface area contributed by atoms with Crippen LogP contribution in [0.3, 0.4) is 0 Å². The van der Waals surface area contributed by atoms with Gasteiger partial charge in [-0.2, -0.15) is 0 Å². The van der Waals surface area contributed by atoms with E-state index in [0.29, 0.717) is 25.9 Å². The number of aryl methyl sites for hydroxylation is 1. The van der Waals surface area contributed by atoms with Gasteiger partial charge in [0.15, 0.2) is 0 Å². The first-order chi connectivity index (χ1) is 12.9. The summed E-state index contributed by atoms with van der Waals surface area (Å²) in [5, 5.41) is 8.71. The Morgan fingerprint density at radius 1 is 1.22 bits per heavy atom. The topological polar surface area (TPSA) is 90.5 Å². The van der Waals surface area contributed by atoms with E-state index in [0.717, 1.165) is 36.2 Å². The molecule has 1 aromatic carbocycles. The quantitative estimate of drug-likeness (QED) is 0.715. The largest absolute Gasteiger partial charge is 0.342 e.